The quantitative estimate of drug-likeness (QED) is 0.175. The van der Waals surface area contributed by atoms with E-state index < -0.39 is 47.5 Å². The predicted octanol–water partition coefficient (Wildman–Crippen LogP) is 5.18. The van der Waals surface area contributed by atoms with Crippen LogP contribution in [0.4, 0.5) is 0 Å². The molecule has 3 rings (SSSR count). The van der Waals surface area contributed by atoms with Crippen molar-refractivity contribution in [2.45, 2.75) is 129 Å². The number of nitrogens with zero attached hydrogens (tertiary/aromatic N) is 2. The van der Waals surface area contributed by atoms with Crippen molar-refractivity contribution in [1.82, 2.24) is 15.1 Å². The maximum atomic E-state index is 14.2. The van der Waals surface area contributed by atoms with Gasteiger partial charge in [-0.15, -0.1) is 0 Å². The highest BCUT2D eigenvalue weighted by Crippen LogP contribution is 2.32. The average Bonchev–Trinajstić information content (AvgIpc) is 3.80. The minimum absolute atomic E-state index is 0.000962. The minimum atomic E-state index is -1.02. The minimum Gasteiger partial charge on any atom is -0.481 e. The van der Waals surface area contributed by atoms with Crippen molar-refractivity contribution in [2.24, 2.45) is 29.6 Å². The number of nitrogens with one attached hydrogen (secondary N) is 1. The summed E-state index contributed by atoms with van der Waals surface area (Å²) in [4.78, 5) is 71.0. The Hall–Kier alpha value is -3.15. The maximum absolute atomic E-state index is 14.2. The third kappa shape index (κ3) is 10.7. The van der Waals surface area contributed by atoms with E-state index in [2.05, 4.69) is 12.2 Å². The molecule has 52 heavy (non-hydrogen) atoms. The number of benzene rings is 1. The summed E-state index contributed by atoms with van der Waals surface area (Å²) < 4.78 is 11.9. The van der Waals surface area contributed by atoms with Crippen molar-refractivity contribution in [3.05, 3.63) is 35.9 Å². The Kier molecular flexibility index (Phi) is 16.5. The van der Waals surface area contributed by atoms with Crippen molar-refractivity contribution in [3.63, 3.8) is 0 Å². The highest BCUT2D eigenvalue weighted by Gasteiger charge is 2.44. The Bertz CT molecular complexity index is 1350. The van der Waals surface area contributed by atoms with Gasteiger partial charge in [0.2, 0.25) is 11.8 Å². The molecule has 9 atom stereocenters. The van der Waals surface area contributed by atoms with Crippen LogP contribution in [0, 0.1) is 29.6 Å². The first-order valence-electron chi connectivity index (χ1n) is 19.3. The molecular weight excluding hydrogens is 662 g/mol. The van der Waals surface area contributed by atoms with Gasteiger partial charge in [-0.2, -0.15) is 0 Å². The topological polar surface area (TPSA) is 143 Å². The van der Waals surface area contributed by atoms with Crippen molar-refractivity contribution in [3.8, 4) is 0 Å². The first-order valence-corrected chi connectivity index (χ1v) is 19.3. The van der Waals surface area contributed by atoms with Crippen LogP contribution in [0.1, 0.15) is 98.5 Å². The summed E-state index contributed by atoms with van der Waals surface area (Å²) in [5, 5.41) is 13.3. The Morgan fingerprint density at radius 3 is 2.21 bits per heavy atom. The highest BCUT2D eigenvalue weighted by atomic mass is 16.5. The molecule has 292 valence electrons. The summed E-state index contributed by atoms with van der Waals surface area (Å²) in [7, 11) is 4.86. The molecule has 2 aliphatic heterocycles. The van der Waals surface area contributed by atoms with Crippen LogP contribution in [-0.4, -0.2) is 108 Å². The van der Waals surface area contributed by atoms with Gasteiger partial charge in [0.15, 0.2) is 5.78 Å². The number of hydrogen-bond donors (Lipinski definition) is 2. The van der Waals surface area contributed by atoms with Gasteiger partial charge in [0, 0.05) is 52.5 Å². The standard InChI is InChI=1S/C41H65N3O8/c1-10-27(4)37(43(7)39(48)31(26(2)3)24-35(46)41(6)19-15-20-42-41)34(51-8)25-36(47)44-21-14-18-32(44)38(52-9)28(5)33(45)23-30(40(49)50)22-29-16-12-11-13-17-29/h11-13,16-17,26-28,30-32,34,37-38,42H,10,14-15,18-25H2,1-9H3,(H,49,50)/t27-,28-,30+,31-,32-,34+,37-,38+,41-/m0/s1. The Morgan fingerprint density at radius 2 is 1.67 bits per heavy atom. The number of Topliss-reactive ketones (excluding diaryl/α,β-unsaturated/α-hetero) is 2. The molecule has 11 nitrogen and oxygen atoms in total. The Balaban J connectivity index is 1.76. The maximum Gasteiger partial charge on any atom is 0.307 e. The largest absolute Gasteiger partial charge is 0.481 e. The number of rotatable bonds is 21. The Morgan fingerprint density at radius 1 is 1.00 bits per heavy atom. The number of carbonyl (C=O) groups is 5. The second-order valence-electron chi connectivity index (χ2n) is 15.8. The lowest BCUT2D eigenvalue weighted by atomic mass is 9.82. The van der Waals surface area contributed by atoms with Gasteiger partial charge >= 0.3 is 5.97 Å². The third-order valence-electron chi connectivity index (χ3n) is 12.0. The molecule has 2 fully saturated rings. The van der Waals surface area contributed by atoms with E-state index in [1.54, 1.807) is 30.9 Å². The summed E-state index contributed by atoms with van der Waals surface area (Å²) in [6.45, 7) is 13.0. The zero-order chi connectivity index (χ0) is 38.7. The monoisotopic (exact) mass is 727 g/mol. The molecule has 2 heterocycles. The van der Waals surface area contributed by atoms with Gasteiger partial charge in [-0.25, -0.2) is 0 Å². The summed E-state index contributed by atoms with van der Waals surface area (Å²) in [5.74, 6) is -3.51. The zero-order valence-electron chi connectivity index (χ0n) is 33.1. The van der Waals surface area contributed by atoms with E-state index >= 15 is 0 Å². The van der Waals surface area contributed by atoms with E-state index in [0.717, 1.165) is 37.8 Å². The molecule has 1 aromatic rings. The number of methoxy groups -OCH3 is 2. The summed E-state index contributed by atoms with van der Waals surface area (Å²) >= 11 is 0. The van der Waals surface area contributed by atoms with Crippen LogP contribution in [0.2, 0.25) is 0 Å². The van der Waals surface area contributed by atoms with Crippen molar-refractivity contribution in [2.75, 3.05) is 34.4 Å². The number of likely N-dealkylation sites (tertiary alicyclic amines) is 1. The molecule has 11 heteroatoms. The number of ketones is 2. The lowest BCUT2D eigenvalue weighted by Crippen LogP contribution is -2.54. The highest BCUT2D eigenvalue weighted by molar-refractivity contribution is 5.93. The number of aliphatic carboxylic acids is 1. The molecule has 0 bridgehead atoms. The first-order chi connectivity index (χ1) is 24.6. The lowest BCUT2D eigenvalue weighted by molar-refractivity contribution is -0.149. The molecule has 0 spiro atoms. The molecule has 2 N–H and O–H groups in total. The lowest BCUT2D eigenvalue weighted by Gasteiger charge is -2.41. The van der Waals surface area contributed by atoms with Gasteiger partial charge in [0.25, 0.3) is 0 Å². The normalized spacial score (nSPS) is 23.0. The van der Waals surface area contributed by atoms with Crippen molar-refractivity contribution >= 4 is 29.4 Å². The SMILES string of the molecule is CC[C@H](C)[C@@H]([C@@H](CC(=O)N1CCC[C@H]1[C@H](OC)[C@@H](C)C(=O)C[C@@H](Cc1ccccc1)C(=O)O)OC)N(C)C(=O)[C@@H](CC(=O)[C@]1(C)CCCN1)C(C)C. The summed E-state index contributed by atoms with van der Waals surface area (Å²) in [6.07, 6.45) is 2.92. The van der Waals surface area contributed by atoms with Gasteiger partial charge in [-0.3, -0.25) is 24.0 Å². The predicted molar refractivity (Wildman–Crippen MR) is 201 cm³/mol. The fourth-order valence-corrected chi connectivity index (χ4v) is 8.34. The van der Waals surface area contributed by atoms with E-state index in [1.807, 2.05) is 58.0 Å². The van der Waals surface area contributed by atoms with E-state index in [1.165, 1.54) is 7.11 Å². The fourth-order valence-electron chi connectivity index (χ4n) is 8.34. The number of likely N-dealkylation sites (N-methyl/N-ethyl adjacent to an activating group) is 1. The number of hydrogen-bond acceptors (Lipinski definition) is 8. The van der Waals surface area contributed by atoms with Crippen LogP contribution >= 0.6 is 0 Å². The smallest absolute Gasteiger partial charge is 0.307 e. The second kappa shape index (κ2) is 19.8. The number of carboxylic acids is 1. The van der Waals surface area contributed by atoms with Crippen LogP contribution in [0.5, 0.6) is 0 Å². The summed E-state index contributed by atoms with van der Waals surface area (Å²) in [5.41, 5.74) is 0.240. The van der Waals surface area contributed by atoms with Crippen molar-refractivity contribution in [1.29, 1.82) is 0 Å². The number of ether oxygens (including phenoxy) is 2. The molecule has 2 amide bonds. The van der Waals surface area contributed by atoms with Gasteiger partial charge < -0.3 is 29.7 Å². The van der Waals surface area contributed by atoms with Gasteiger partial charge in [-0.1, -0.05) is 71.4 Å². The molecule has 0 saturated carbocycles. The van der Waals surface area contributed by atoms with Crippen LogP contribution in [0.15, 0.2) is 30.3 Å². The number of amides is 2. The van der Waals surface area contributed by atoms with Crippen LogP contribution in [-0.2, 0) is 39.9 Å². The van der Waals surface area contributed by atoms with E-state index in [-0.39, 0.29) is 66.9 Å². The molecule has 0 aliphatic carbocycles. The summed E-state index contributed by atoms with van der Waals surface area (Å²) in [6, 6.07) is 8.49. The molecule has 0 unspecified atom stereocenters. The van der Waals surface area contributed by atoms with Crippen LogP contribution in [0.25, 0.3) is 0 Å². The Labute approximate surface area is 311 Å². The first kappa shape index (κ1) is 43.3. The number of carbonyl (C=O) groups excluding carboxylic acids is 4. The average molecular weight is 728 g/mol. The third-order valence-corrected chi connectivity index (χ3v) is 12.0. The second-order valence-corrected chi connectivity index (χ2v) is 15.8. The van der Waals surface area contributed by atoms with E-state index in [4.69, 9.17) is 9.47 Å². The van der Waals surface area contributed by atoms with Gasteiger partial charge in [-0.05, 0) is 63.0 Å². The van der Waals surface area contributed by atoms with E-state index in [9.17, 15) is 29.1 Å². The molecule has 2 saturated heterocycles. The van der Waals surface area contributed by atoms with Gasteiger partial charge in [0.1, 0.15) is 5.78 Å². The number of carboxylic acid groups (broad SMARTS) is 1. The molecule has 0 radical (unpaired) electrons. The molecule has 1 aromatic carbocycles. The molecule has 2 aliphatic rings. The fraction of sp³-hybridized carbons (Fsp3) is 0.732. The van der Waals surface area contributed by atoms with Crippen molar-refractivity contribution < 1.29 is 38.6 Å². The molecule has 0 aromatic heterocycles. The van der Waals surface area contributed by atoms with E-state index in [0.29, 0.717) is 13.0 Å². The van der Waals surface area contributed by atoms with Crippen LogP contribution in [0.3, 0.4) is 0 Å². The zero-order valence-corrected chi connectivity index (χ0v) is 33.1. The van der Waals surface area contributed by atoms with Gasteiger partial charge in [0.05, 0.1) is 42.2 Å². The van der Waals surface area contributed by atoms with Crippen LogP contribution < -0.4 is 5.32 Å². The molecular formula is C41H65N3O8.